The molecule has 0 aliphatic carbocycles. The fourth-order valence-corrected chi connectivity index (χ4v) is 3.49. The molecule has 4 nitrogen and oxygen atoms in total. The number of nitrogens with zero attached hydrogens (tertiary/aromatic N) is 2. The quantitative estimate of drug-likeness (QED) is 0.515. The lowest BCUT2D eigenvalue weighted by Gasteiger charge is -2.01. The Morgan fingerprint density at radius 2 is 1.88 bits per heavy atom. The Morgan fingerprint density at radius 3 is 2.72 bits per heavy atom. The minimum Gasteiger partial charge on any atom is -0.454 e. The van der Waals surface area contributed by atoms with E-state index in [4.69, 9.17) is 27.6 Å². The minimum atomic E-state index is 0.591. The lowest BCUT2D eigenvalue weighted by Crippen LogP contribution is -2.71. The van der Waals surface area contributed by atoms with Crippen molar-refractivity contribution in [1.82, 2.24) is 9.97 Å². The van der Waals surface area contributed by atoms with Crippen LogP contribution in [0.5, 0.6) is 0 Å². The summed E-state index contributed by atoms with van der Waals surface area (Å²) in [6.45, 7) is 0. The summed E-state index contributed by atoms with van der Waals surface area (Å²) in [5.41, 5.74) is 1.53. The molecule has 0 fully saturated rings. The highest BCUT2D eigenvalue weighted by atomic mass is 35.5. The molecule has 7 heteroatoms. The predicted molar refractivity (Wildman–Crippen MR) is 101 cm³/mol. The molecular formula is C18H12Cl2N3OS+. The minimum absolute atomic E-state index is 0.591. The molecule has 3 heterocycles. The number of halogens is 2. The zero-order valence-corrected chi connectivity index (χ0v) is 15.1. The van der Waals surface area contributed by atoms with E-state index < -0.39 is 0 Å². The number of thiazole rings is 1. The molecule has 25 heavy (non-hydrogen) atoms. The smallest absolute Gasteiger partial charge is 0.289 e. The van der Waals surface area contributed by atoms with Crippen molar-refractivity contribution >= 4 is 45.5 Å². The number of quaternary nitrogens is 1. The van der Waals surface area contributed by atoms with E-state index in [-0.39, 0.29) is 0 Å². The van der Waals surface area contributed by atoms with Crippen LogP contribution >= 0.6 is 34.5 Å². The molecule has 0 aliphatic heterocycles. The van der Waals surface area contributed by atoms with Crippen LogP contribution in [0, 0.1) is 0 Å². The molecule has 0 spiro atoms. The number of hydrogen-bond donors (Lipinski definition) is 1. The number of furan rings is 1. The lowest BCUT2D eigenvalue weighted by atomic mass is 10.2. The van der Waals surface area contributed by atoms with Gasteiger partial charge in [0, 0.05) is 28.2 Å². The Kier molecular flexibility index (Phi) is 4.55. The third-order valence-electron chi connectivity index (χ3n) is 3.53. The second-order valence-electron chi connectivity index (χ2n) is 5.26. The molecule has 2 N–H and O–H groups in total. The summed E-state index contributed by atoms with van der Waals surface area (Å²) in [6.07, 6.45) is 1.76. The molecule has 3 aromatic heterocycles. The van der Waals surface area contributed by atoms with Gasteiger partial charge in [-0.15, -0.1) is 0 Å². The Morgan fingerprint density at radius 1 is 1.00 bits per heavy atom. The van der Waals surface area contributed by atoms with Crippen LogP contribution in [0.1, 0.15) is 0 Å². The van der Waals surface area contributed by atoms with Gasteiger partial charge in [0.15, 0.2) is 5.76 Å². The van der Waals surface area contributed by atoms with Gasteiger partial charge in [-0.1, -0.05) is 40.6 Å². The summed E-state index contributed by atoms with van der Waals surface area (Å²) in [6, 6.07) is 14.8. The predicted octanol–water partition coefficient (Wildman–Crippen LogP) is 5.30. The van der Waals surface area contributed by atoms with Gasteiger partial charge in [0.2, 0.25) is 5.82 Å². The van der Waals surface area contributed by atoms with Gasteiger partial charge in [-0.25, -0.2) is 10.3 Å². The van der Waals surface area contributed by atoms with E-state index in [0.29, 0.717) is 21.6 Å². The van der Waals surface area contributed by atoms with E-state index in [1.165, 1.54) is 11.3 Å². The number of aromatic nitrogens is 2. The third-order valence-corrected chi connectivity index (χ3v) is 4.89. The van der Waals surface area contributed by atoms with Crippen molar-refractivity contribution in [2.24, 2.45) is 0 Å². The van der Waals surface area contributed by atoms with E-state index in [1.807, 2.05) is 41.0 Å². The SMILES string of the molecule is Clc1ccc(Cl)c(-c2ccc(-c3csc([NH2+]c4ccccn4)n3)o2)c1. The zero-order chi connectivity index (χ0) is 17.2. The molecule has 1 aromatic carbocycles. The van der Waals surface area contributed by atoms with Crippen molar-refractivity contribution in [1.29, 1.82) is 0 Å². The van der Waals surface area contributed by atoms with Gasteiger partial charge in [-0.05, 0) is 36.4 Å². The highest BCUT2D eigenvalue weighted by Gasteiger charge is 2.14. The maximum absolute atomic E-state index is 6.24. The number of pyridine rings is 1. The molecule has 0 aliphatic rings. The second kappa shape index (κ2) is 6.98. The average Bonchev–Trinajstić information content (AvgIpc) is 3.27. The second-order valence-corrected chi connectivity index (χ2v) is 6.99. The van der Waals surface area contributed by atoms with E-state index in [2.05, 4.69) is 9.97 Å². The van der Waals surface area contributed by atoms with Crippen molar-refractivity contribution in [3.8, 4) is 22.8 Å². The molecule has 0 radical (unpaired) electrons. The number of nitrogens with two attached hydrogens (primary N) is 1. The maximum atomic E-state index is 6.24. The van der Waals surface area contributed by atoms with Crippen LogP contribution in [-0.2, 0) is 0 Å². The van der Waals surface area contributed by atoms with Gasteiger partial charge in [-0.2, -0.15) is 4.98 Å². The average molecular weight is 389 g/mol. The van der Waals surface area contributed by atoms with Crippen LogP contribution in [-0.4, -0.2) is 9.97 Å². The summed E-state index contributed by atoms with van der Waals surface area (Å²) in [5.74, 6) is 2.21. The Labute approximate surface area is 158 Å². The normalized spacial score (nSPS) is 11.0. The molecule has 0 saturated carbocycles. The number of benzene rings is 1. The van der Waals surface area contributed by atoms with Gasteiger partial charge >= 0.3 is 0 Å². The van der Waals surface area contributed by atoms with E-state index in [0.717, 1.165) is 22.2 Å². The molecule has 0 amide bonds. The topological polar surface area (TPSA) is 55.5 Å². The summed E-state index contributed by atoms with van der Waals surface area (Å²) in [7, 11) is 0. The first kappa shape index (κ1) is 16.3. The maximum Gasteiger partial charge on any atom is 0.289 e. The number of rotatable bonds is 4. The van der Waals surface area contributed by atoms with Crippen LogP contribution in [0.15, 0.2) is 64.5 Å². The highest BCUT2D eigenvalue weighted by molar-refractivity contribution is 7.13. The van der Waals surface area contributed by atoms with E-state index in [9.17, 15) is 0 Å². The summed E-state index contributed by atoms with van der Waals surface area (Å²) in [4.78, 5) is 8.87. The van der Waals surface area contributed by atoms with Crippen molar-refractivity contribution in [2.75, 3.05) is 0 Å². The Bertz CT molecular complexity index is 1010. The largest absolute Gasteiger partial charge is 0.454 e. The molecule has 0 unspecified atom stereocenters. The zero-order valence-electron chi connectivity index (χ0n) is 12.8. The van der Waals surface area contributed by atoms with E-state index in [1.54, 1.807) is 24.4 Å². The standard InChI is InChI=1S/C18H11Cl2N3OS/c19-11-4-5-13(20)12(9-11)15-6-7-16(24-15)14-10-25-18(22-14)23-17-3-1-2-8-21-17/h1-10H,(H,21,22,23)/p+1. The third kappa shape index (κ3) is 3.60. The lowest BCUT2D eigenvalue weighted by molar-refractivity contribution is -0.482. The molecule has 0 saturated heterocycles. The fourth-order valence-electron chi connectivity index (χ4n) is 2.36. The molecule has 0 bridgehead atoms. The van der Waals surface area contributed by atoms with Crippen molar-refractivity contribution in [2.45, 2.75) is 0 Å². The van der Waals surface area contributed by atoms with Crippen LogP contribution in [0.2, 0.25) is 10.0 Å². The van der Waals surface area contributed by atoms with Crippen molar-refractivity contribution in [3.05, 3.63) is 70.2 Å². The van der Waals surface area contributed by atoms with Gasteiger partial charge in [0.05, 0.1) is 5.02 Å². The first-order valence-corrected chi connectivity index (χ1v) is 9.09. The number of hydrogen-bond acceptors (Lipinski definition) is 4. The van der Waals surface area contributed by atoms with Gasteiger partial charge in [0.25, 0.3) is 5.13 Å². The Balaban J connectivity index is 1.59. The van der Waals surface area contributed by atoms with Crippen molar-refractivity contribution < 1.29 is 9.73 Å². The molecular weight excluding hydrogens is 377 g/mol. The van der Waals surface area contributed by atoms with Crippen LogP contribution in [0.25, 0.3) is 22.8 Å². The first-order valence-electron chi connectivity index (χ1n) is 7.46. The molecule has 0 atom stereocenters. The van der Waals surface area contributed by atoms with Crippen molar-refractivity contribution in [3.63, 3.8) is 0 Å². The fraction of sp³-hybridized carbons (Fsp3) is 0. The van der Waals surface area contributed by atoms with E-state index >= 15 is 0 Å². The monoisotopic (exact) mass is 388 g/mol. The van der Waals surface area contributed by atoms with Crippen LogP contribution in [0.3, 0.4) is 0 Å². The van der Waals surface area contributed by atoms with Gasteiger partial charge in [0.1, 0.15) is 11.5 Å². The summed E-state index contributed by atoms with van der Waals surface area (Å²) in [5, 5.41) is 5.96. The molecule has 4 aromatic rings. The van der Waals surface area contributed by atoms with Gasteiger partial charge in [-0.3, -0.25) is 0 Å². The molecule has 124 valence electrons. The summed E-state index contributed by atoms with van der Waals surface area (Å²) < 4.78 is 5.93. The summed E-state index contributed by atoms with van der Waals surface area (Å²) >= 11 is 13.8. The van der Waals surface area contributed by atoms with Gasteiger partial charge < -0.3 is 4.42 Å². The Hall–Kier alpha value is -2.18. The van der Waals surface area contributed by atoms with Crippen LogP contribution in [0.4, 0.5) is 10.9 Å². The van der Waals surface area contributed by atoms with Crippen LogP contribution < -0.4 is 5.32 Å². The molecule has 4 rings (SSSR count). The highest BCUT2D eigenvalue weighted by Crippen LogP contribution is 2.34. The first-order chi connectivity index (χ1) is 12.2.